The van der Waals surface area contributed by atoms with Crippen molar-refractivity contribution in [3.63, 3.8) is 0 Å². The van der Waals surface area contributed by atoms with Crippen LogP contribution in [-0.4, -0.2) is 0 Å². The molecule has 0 radical (unpaired) electrons. The Morgan fingerprint density at radius 2 is 1.00 bits per heavy atom. The first-order valence-electron chi connectivity index (χ1n) is 11.2. The van der Waals surface area contributed by atoms with Crippen LogP contribution in [0.15, 0.2) is 131 Å². The van der Waals surface area contributed by atoms with Crippen molar-refractivity contribution >= 4 is 28.8 Å². The minimum atomic E-state index is 1.18. The van der Waals surface area contributed by atoms with Gasteiger partial charge in [0.05, 0.1) is 11.4 Å². The van der Waals surface area contributed by atoms with Crippen LogP contribution < -0.4 is 4.90 Å². The summed E-state index contributed by atoms with van der Waals surface area (Å²) in [5.74, 6) is 0. The van der Waals surface area contributed by atoms with Crippen molar-refractivity contribution in [2.45, 2.75) is 16.7 Å². The topological polar surface area (TPSA) is 3.24 Å². The van der Waals surface area contributed by atoms with Crippen LogP contribution in [0.5, 0.6) is 0 Å². The summed E-state index contributed by atoms with van der Waals surface area (Å²) in [4.78, 5) is 4.94. The predicted octanol–water partition coefficient (Wildman–Crippen LogP) is 9.26. The van der Waals surface area contributed by atoms with Gasteiger partial charge in [0.25, 0.3) is 0 Å². The Labute approximate surface area is 199 Å². The van der Waals surface area contributed by atoms with Crippen molar-refractivity contribution in [1.29, 1.82) is 0 Å². The van der Waals surface area contributed by atoms with Gasteiger partial charge in [0.1, 0.15) is 0 Å². The normalized spacial score (nSPS) is 12.2. The van der Waals surface area contributed by atoms with Crippen LogP contribution in [0.4, 0.5) is 17.1 Å². The van der Waals surface area contributed by atoms with E-state index < -0.39 is 0 Å². The molecule has 1 heterocycles. The average molecular weight is 442 g/mol. The third-order valence-corrected chi connectivity index (χ3v) is 7.21. The molecule has 0 bridgehead atoms. The number of rotatable bonds is 3. The maximum Gasteiger partial charge on any atom is 0.0601 e. The fourth-order valence-corrected chi connectivity index (χ4v) is 5.59. The lowest BCUT2D eigenvalue weighted by atomic mass is 9.96. The molecule has 0 atom stereocenters. The van der Waals surface area contributed by atoms with Gasteiger partial charge in [-0.2, -0.15) is 0 Å². The van der Waals surface area contributed by atoms with E-state index in [4.69, 9.17) is 0 Å². The van der Waals surface area contributed by atoms with Crippen molar-refractivity contribution in [2.24, 2.45) is 0 Å². The highest BCUT2D eigenvalue weighted by Crippen LogP contribution is 2.51. The van der Waals surface area contributed by atoms with E-state index in [0.29, 0.717) is 0 Å². The van der Waals surface area contributed by atoms with Crippen molar-refractivity contribution in [3.8, 4) is 22.3 Å². The van der Waals surface area contributed by atoms with Crippen molar-refractivity contribution in [1.82, 2.24) is 0 Å². The molecular formula is C31H23NS. The second-order valence-corrected chi connectivity index (χ2v) is 9.46. The van der Waals surface area contributed by atoms with Gasteiger partial charge in [-0.3, -0.25) is 0 Å². The first-order chi connectivity index (χ1) is 16.3. The molecule has 0 saturated heterocycles. The number of fused-ring (bicyclic) bond motifs is 2. The molecule has 0 N–H and O–H groups in total. The lowest BCUT2D eigenvalue weighted by molar-refractivity contribution is 1.17. The highest BCUT2D eigenvalue weighted by atomic mass is 32.2. The summed E-state index contributed by atoms with van der Waals surface area (Å²) in [7, 11) is 0. The molecule has 1 aliphatic heterocycles. The summed E-state index contributed by atoms with van der Waals surface area (Å²) in [6.45, 7) is 2.17. The number of hydrogen-bond acceptors (Lipinski definition) is 2. The largest absolute Gasteiger partial charge is 0.308 e. The van der Waals surface area contributed by atoms with Crippen LogP contribution in [-0.2, 0) is 0 Å². The minimum absolute atomic E-state index is 1.18. The molecule has 0 unspecified atom stereocenters. The lowest BCUT2D eigenvalue weighted by Crippen LogP contribution is -2.14. The Hall–Kier alpha value is -3.75. The third-order valence-electron chi connectivity index (χ3n) is 6.08. The molecule has 6 rings (SSSR count). The molecule has 1 aliphatic rings. The number of benzene rings is 5. The molecule has 0 saturated carbocycles. The summed E-state index contributed by atoms with van der Waals surface area (Å²) in [5, 5.41) is 0. The van der Waals surface area contributed by atoms with Crippen LogP contribution in [0.2, 0.25) is 0 Å². The van der Waals surface area contributed by atoms with Gasteiger partial charge in [-0.05, 0) is 77.2 Å². The fourth-order valence-electron chi connectivity index (χ4n) is 4.53. The molecule has 158 valence electrons. The SMILES string of the molecule is Cc1cc(-c2ccccc2)cc(-c2ccc(N3c4ccccc4Sc4ccccc43)cc2)c1. The zero-order valence-corrected chi connectivity index (χ0v) is 19.2. The summed E-state index contributed by atoms with van der Waals surface area (Å²) in [6, 6.07) is 43.7. The molecule has 2 heteroatoms. The fraction of sp³-hybridized carbons (Fsp3) is 0.0323. The molecule has 5 aromatic rings. The predicted molar refractivity (Wildman–Crippen MR) is 141 cm³/mol. The van der Waals surface area contributed by atoms with E-state index in [1.54, 1.807) is 0 Å². The summed E-state index contributed by atoms with van der Waals surface area (Å²) in [5.41, 5.74) is 9.89. The van der Waals surface area contributed by atoms with Crippen LogP contribution in [0.1, 0.15) is 5.56 Å². The number of hydrogen-bond donors (Lipinski definition) is 0. The zero-order valence-electron chi connectivity index (χ0n) is 18.4. The molecule has 0 spiro atoms. The Balaban J connectivity index is 1.41. The number of anilines is 3. The van der Waals surface area contributed by atoms with Gasteiger partial charge in [-0.25, -0.2) is 0 Å². The number of para-hydroxylation sites is 2. The second kappa shape index (κ2) is 8.31. The quantitative estimate of drug-likeness (QED) is 0.269. The third kappa shape index (κ3) is 3.73. The minimum Gasteiger partial charge on any atom is -0.308 e. The van der Waals surface area contributed by atoms with Gasteiger partial charge >= 0.3 is 0 Å². The van der Waals surface area contributed by atoms with Crippen LogP contribution in [0.3, 0.4) is 0 Å². The van der Waals surface area contributed by atoms with E-state index >= 15 is 0 Å². The molecule has 0 fully saturated rings. The monoisotopic (exact) mass is 441 g/mol. The van der Waals surface area contributed by atoms with Crippen LogP contribution in [0.25, 0.3) is 22.3 Å². The van der Waals surface area contributed by atoms with Gasteiger partial charge in [0.2, 0.25) is 0 Å². The summed E-state index contributed by atoms with van der Waals surface area (Å²) in [6.07, 6.45) is 0. The van der Waals surface area contributed by atoms with E-state index in [1.165, 1.54) is 54.7 Å². The Kier molecular flexibility index (Phi) is 5.01. The number of aryl methyl sites for hydroxylation is 1. The standard InChI is InChI=1S/C31H23NS/c1-22-19-25(23-9-3-2-4-10-23)21-26(20-22)24-15-17-27(18-16-24)32-28-11-5-7-13-30(28)33-31-14-8-6-12-29(31)32/h2-21H,1H3. The van der Waals surface area contributed by atoms with Gasteiger partial charge in [-0.15, -0.1) is 0 Å². The smallest absolute Gasteiger partial charge is 0.0601 e. The molecule has 1 nitrogen and oxygen atoms in total. The molecule has 0 aliphatic carbocycles. The van der Waals surface area contributed by atoms with Gasteiger partial charge < -0.3 is 4.90 Å². The molecule has 0 amide bonds. The van der Waals surface area contributed by atoms with E-state index in [-0.39, 0.29) is 0 Å². The molecule has 5 aromatic carbocycles. The second-order valence-electron chi connectivity index (χ2n) is 8.37. The van der Waals surface area contributed by atoms with E-state index in [2.05, 4.69) is 133 Å². The lowest BCUT2D eigenvalue weighted by Gasteiger charge is -2.32. The first-order valence-corrected chi connectivity index (χ1v) is 12.0. The average Bonchev–Trinajstić information content (AvgIpc) is 2.87. The van der Waals surface area contributed by atoms with E-state index in [9.17, 15) is 0 Å². The summed E-state index contributed by atoms with van der Waals surface area (Å²) < 4.78 is 0. The highest BCUT2D eigenvalue weighted by Gasteiger charge is 2.24. The zero-order chi connectivity index (χ0) is 22.2. The van der Waals surface area contributed by atoms with Gasteiger partial charge in [0.15, 0.2) is 0 Å². The number of nitrogens with zero attached hydrogens (tertiary/aromatic N) is 1. The van der Waals surface area contributed by atoms with Crippen molar-refractivity contribution in [3.05, 3.63) is 127 Å². The summed E-state index contributed by atoms with van der Waals surface area (Å²) >= 11 is 1.84. The molecular weight excluding hydrogens is 418 g/mol. The van der Waals surface area contributed by atoms with Crippen LogP contribution >= 0.6 is 11.8 Å². The van der Waals surface area contributed by atoms with Crippen LogP contribution in [0, 0.1) is 6.92 Å². The van der Waals surface area contributed by atoms with Gasteiger partial charge in [0, 0.05) is 15.5 Å². The molecule has 0 aromatic heterocycles. The first kappa shape index (κ1) is 19.9. The van der Waals surface area contributed by atoms with Crippen molar-refractivity contribution < 1.29 is 0 Å². The Bertz CT molecular complexity index is 1390. The Morgan fingerprint density at radius 3 is 1.61 bits per heavy atom. The molecule has 33 heavy (non-hydrogen) atoms. The van der Waals surface area contributed by atoms with Crippen molar-refractivity contribution in [2.75, 3.05) is 4.90 Å². The van der Waals surface area contributed by atoms with Gasteiger partial charge in [-0.1, -0.05) is 90.6 Å². The highest BCUT2D eigenvalue weighted by molar-refractivity contribution is 7.99. The van der Waals surface area contributed by atoms with E-state index in [0.717, 1.165) is 0 Å². The van der Waals surface area contributed by atoms with E-state index in [1.807, 2.05) is 11.8 Å². The maximum absolute atomic E-state index is 2.37. The Morgan fingerprint density at radius 1 is 0.485 bits per heavy atom. The maximum atomic E-state index is 2.37.